The first-order valence-corrected chi connectivity index (χ1v) is 9.04. The minimum atomic E-state index is -0.391. The van der Waals surface area contributed by atoms with E-state index in [1.165, 1.54) is 12.1 Å². The molecule has 0 bridgehead atoms. The van der Waals surface area contributed by atoms with Crippen molar-refractivity contribution >= 4 is 17.6 Å². The highest BCUT2D eigenvalue weighted by molar-refractivity contribution is 5.90. The van der Waals surface area contributed by atoms with Crippen molar-refractivity contribution in [2.45, 2.75) is 19.4 Å². The van der Waals surface area contributed by atoms with Crippen LogP contribution >= 0.6 is 0 Å². The van der Waals surface area contributed by atoms with Crippen LogP contribution in [0.1, 0.15) is 18.4 Å². The SMILES string of the molecule is O=C(NCc1cccnc1)[C@H]1C[C@@]12CCN(C(=O)Nc1cccc(F)c1)C2. The number of carbonyl (C=O) groups is 2. The highest BCUT2D eigenvalue weighted by Crippen LogP contribution is 2.58. The number of hydrogen-bond acceptors (Lipinski definition) is 3. The molecule has 2 heterocycles. The van der Waals surface area contributed by atoms with Gasteiger partial charge in [0, 0.05) is 49.0 Å². The van der Waals surface area contributed by atoms with Gasteiger partial charge in [-0.25, -0.2) is 9.18 Å². The van der Waals surface area contributed by atoms with Gasteiger partial charge >= 0.3 is 6.03 Å². The molecule has 1 aromatic carbocycles. The first-order chi connectivity index (χ1) is 13.1. The van der Waals surface area contributed by atoms with Gasteiger partial charge in [-0.05, 0) is 42.7 Å². The second-order valence-corrected chi connectivity index (χ2v) is 7.31. The second kappa shape index (κ2) is 6.98. The number of urea groups is 1. The second-order valence-electron chi connectivity index (χ2n) is 7.31. The predicted molar refractivity (Wildman–Crippen MR) is 98.2 cm³/mol. The van der Waals surface area contributed by atoms with Gasteiger partial charge in [-0.15, -0.1) is 0 Å². The van der Waals surface area contributed by atoms with Crippen molar-refractivity contribution in [2.75, 3.05) is 18.4 Å². The Balaban J connectivity index is 1.29. The number of nitrogens with zero attached hydrogens (tertiary/aromatic N) is 2. The summed E-state index contributed by atoms with van der Waals surface area (Å²) in [5.41, 5.74) is 1.28. The molecule has 4 rings (SSSR count). The Morgan fingerprint density at radius 1 is 1.30 bits per heavy atom. The molecule has 0 radical (unpaired) electrons. The molecule has 1 saturated carbocycles. The van der Waals surface area contributed by atoms with Crippen LogP contribution in [0.15, 0.2) is 48.8 Å². The quantitative estimate of drug-likeness (QED) is 0.871. The molecule has 7 heteroatoms. The van der Waals surface area contributed by atoms with Crippen LogP contribution in [-0.4, -0.2) is 34.9 Å². The van der Waals surface area contributed by atoms with Crippen LogP contribution in [-0.2, 0) is 11.3 Å². The lowest BCUT2D eigenvalue weighted by molar-refractivity contribution is -0.123. The molecule has 0 unspecified atom stereocenters. The third-order valence-electron chi connectivity index (χ3n) is 5.44. The highest BCUT2D eigenvalue weighted by Gasteiger charge is 2.61. The molecular weight excluding hydrogens is 347 g/mol. The summed E-state index contributed by atoms with van der Waals surface area (Å²) in [4.78, 5) is 30.6. The van der Waals surface area contributed by atoms with Gasteiger partial charge in [0.1, 0.15) is 5.82 Å². The van der Waals surface area contributed by atoms with Crippen molar-refractivity contribution in [3.63, 3.8) is 0 Å². The number of anilines is 1. The predicted octanol–water partition coefficient (Wildman–Crippen LogP) is 2.78. The van der Waals surface area contributed by atoms with Gasteiger partial charge in [-0.2, -0.15) is 0 Å². The first kappa shape index (κ1) is 17.5. The zero-order chi connectivity index (χ0) is 18.9. The summed E-state index contributed by atoms with van der Waals surface area (Å²) in [7, 11) is 0. The molecule has 2 aliphatic rings. The Kier molecular flexibility index (Phi) is 4.51. The van der Waals surface area contributed by atoms with E-state index in [0.717, 1.165) is 18.4 Å². The summed E-state index contributed by atoms with van der Waals surface area (Å²) in [6.07, 6.45) is 5.05. The third kappa shape index (κ3) is 3.77. The van der Waals surface area contributed by atoms with Gasteiger partial charge in [0.15, 0.2) is 0 Å². The number of rotatable bonds is 4. The fourth-order valence-electron chi connectivity index (χ4n) is 3.82. The van der Waals surface area contributed by atoms with Gasteiger partial charge in [-0.1, -0.05) is 12.1 Å². The number of halogens is 1. The van der Waals surface area contributed by atoms with Crippen LogP contribution in [0.3, 0.4) is 0 Å². The molecular formula is C20H21FN4O2. The van der Waals surface area contributed by atoms with E-state index < -0.39 is 5.82 Å². The van der Waals surface area contributed by atoms with Gasteiger partial charge in [0.2, 0.25) is 5.91 Å². The molecule has 3 amide bonds. The average Bonchev–Trinajstić information content (AvgIpc) is 3.20. The summed E-state index contributed by atoms with van der Waals surface area (Å²) < 4.78 is 13.2. The monoisotopic (exact) mass is 368 g/mol. The van der Waals surface area contributed by atoms with E-state index in [0.29, 0.717) is 25.3 Å². The Hall–Kier alpha value is -2.96. The van der Waals surface area contributed by atoms with Gasteiger partial charge < -0.3 is 15.5 Å². The highest BCUT2D eigenvalue weighted by atomic mass is 19.1. The number of carbonyl (C=O) groups excluding carboxylic acids is 2. The maximum atomic E-state index is 13.2. The molecule has 1 aromatic heterocycles. The molecule has 2 fully saturated rings. The maximum Gasteiger partial charge on any atom is 0.321 e. The van der Waals surface area contributed by atoms with E-state index in [4.69, 9.17) is 0 Å². The maximum absolute atomic E-state index is 13.2. The Morgan fingerprint density at radius 3 is 2.96 bits per heavy atom. The normalized spacial score (nSPS) is 23.3. The van der Waals surface area contributed by atoms with E-state index in [1.807, 2.05) is 12.1 Å². The zero-order valence-electron chi connectivity index (χ0n) is 14.8. The Labute approximate surface area is 156 Å². The molecule has 2 atom stereocenters. The van der Waals surface area contributed by atoms with Gasteiger partial charge in [0.25, 0.3) is 0 Å². The minimum Gasteiger partial charge on any atom is -0.352 e. The Bertz CT molecular complexity index is 860. The lowest BCUT2D eigenvalue weighted by Gasteiger charge is -2.17. The molecule has 27 heavy (non-hydrogen) atoms. The molecule has 2 aromatic rings. The molecule has 1 saturated heterocycles. The molecule has 140 valence electrons. The largest absolute Gasteiger partial charge is 0.352 e. The van der Waals surface area contributed by atoms with Crippen LogP contribution in [0.5, 0.6) is 0 Å². The van der Waals surface area contributed by atoms with E-state index in [2.05, 4.69) is 15.6 Å². The summed E-state index contributed by atoms with van der Waals surface area (Å²) >= 11 is 0. The fraction of sp³-hybridized carbons (Fsp3) is 0.350. The molecule has 1 aliphatic heterocycles. The van der Waals surface area contributed by atoms with Crippen LogP contribution in [0.25, 0.3) is 0 Å². The van der Waals surface area contributed by atoms with Crippen molar-refractivity contribution in [1.29, 1.82) is 0 Å². The number of pyridine rings is 1. The fourth-order valence-corrected chi connectivity index (χ4v) is 3.82. The summed E-state index contributed by atoms with van der Waals surface area (Å²) in [6.45, 7) is 1.62. The van der Waals surface area contributed by atoms with Crippen LogP contribution in [0.2, 0.25) is 0 Å². The van der Waals surface area contributed by atoms with Crippen molar-refractivity contribution in [1.82, 2.24) is 15.2 Å². The van der Waals surface area contributed by atoms with Crippen molar-refractivity contribution < 1.29 is 14.0 Å². The van der Waals surface area contributed by atoms with E-state index in [9.17, 15) is 14.0 Å². The summed E-state index contributed by atoms with van der Waals surface area (Å²) in [5, 5.41) is 5.68. The smallest absolute Gasteiger partial charge is 0.321 e. The van der Waals surface area contributed by atoms with E-state index >= 15 is 0 Å². The lowest BCUT2D eigenvalue weighted by atomic mass is 10.0. The van der Waals surface area contributed by atoms with Crippen molar-refractivity contribution in [2.24, 2.45) is 11.3 Å². The van der Waals surface area contributed by atoms with Crippen molar-refractivity contribution in [3.05, 3.63) is 60.2 Å². The summed E-state index contributed by atoms with van der Waals surface area (Å²) in [5.74, 6) is -0.411. The number of likely N-dealkylation sites (tertiary alicyclic amines) is 1. The van der Waals surface area contributed by atoms with Crippen LogP contribution in [0.4, 0.5) is 14.9 Å². The van der Waals surface area contributed by atoms with Crippen LogP contribution in [0, 0.1) is 17.2 Å². The van der Waals surface area contributed by atoms with E-state index in [1.54, 1.807) is 29.4 Å². The summed E-state index contributed by atoms with van der Waals surface area (Å²) in [6, 6.07) is 9.34. The zero-order valence-corrected chi connectivity index (χ0v) is 14.8. The van der Waals surface area contributed by atoms with Gasteiger partial charge in [0.05, 0.1) is 0 Å². The number of benzene rings is 1. The third-order valence-corrected chi connectivity index (χ3v) is 5.44. The van der Waals surface area contributed by atoms with Crippen LogP contribution < -0.4 is 10.6 Å². The van der Waals surface area contributed by atoms with E-state index in [-0.39, 0.29) is 23.3 Å². The minimum absolute atomic E-state index is 0.0336. The van der Waals surface area contributed by atoms with Crippen molar-refractivity contribution in [3.8, 4) is 0 Å². The number of hydrogen-bond donors (Lipinski definition) is 2. The number of aromatic nitrogens is 1. The number of amides is 3. The number of nitrogens with one attached hydrogen (secondary N) is 2. The Morgan fingerprint density at radius 2 is 2.19 bits per heavy atom. The molecule has 2 N–H and O–H groups in total. The standard InChI is InChI=1S/C20H21FN4O2/c21-15-4-1-5-16(9-15)24-19(27)25-8-6-20(13-25)10-17(20)18(26)23-12-14-3-2-7-22-11-14/h1-5,7,9,11,17H,6,8,10,12-13H2,(H,23,26)(H,24,27)/t17-,20-/m1/s1. The molecule has 1 spiro atoms. The molecule has 1 aliphatic carbocycles. The lowest BCUT2D eigenvalue weighted by Crippen LogP contribution is -2.34. The van der Waals surface area contributed by atoms with Gasteiger partial charge in [-0.3, -0.25) is 9.78 Å². The topological polar surface area (TPSA) is 74.3 Å². The molecule has 6 nitrogen and oxygen atoms in total. The average molecular weight is 368 g/mol. The first-order valence-electron chi connectivity index (χ1n) is 9.04.